The highest BCUT2D eigenvalue weighted by Crippen LogP contribution is 2.13. The second-order valence-electron chi connectivity index (χ2n) is 9.49. The molecule has 2 unspecified atom stereocenters. The van der Waals surface area contributed by atoms with Crippen LogP contribution in [-0.2, 0) is 30.5 Å². The molecule has 0 aliphatic carbocycles. The molecule has 4 amide bonds. The molecule has 0 spiro atoms. The maximum atomic E-state index is 13.2. The lowest BCUT2D eigenvalue weighted by molar-refractivity contribution is -0.142. The van der Waals surface area contributed by atoms with Crippen LogP contribution in [0.1, 0.15) is 52.5 Å². The molecule has 12 heteroatoms. The molecule has 0 saturated carbocycles. The molecule has 38 heavy (non-hydrogen) atoms. The highest BCUT2D eigenvalue weighted by Gasteiger charge is 2.28. The number of nitrogens with two attached hydrogens (primary N) is 1. The summed E-state index contributed by atoms with van der Waals surface area (Å²) in [6.45, 7) is 11.0. The van der Waals surface area contributed by atoms with Crippen LogP contribution >= 0.6 is 0 Å². The van der Waals surface area contributed by atoms with E-state index >= 15 is 0 Å². The number of primary amides is 1. The van der Waals surface area contributed by atoms with Gasteiger partial charge in [0.05, 0.1) is 5.68 Å². The van der Waals surface area contributed by atoms with Gasteiger partial charge in [0.25, 0.3) is 0 Å². The Labute approximate surface area is 224 Å². The number of anilines is 1. The fraction of sp³-hybridized carbons (Fsp3) is 0.500. The van der Waals surface area contributed by atoms with Crippen molar-refractivity contribution in [2.45, 2.75) is 72.0 Å². The van der Waals surface area contributed by atoms with Gasteiger partial charge in [-0.25, -0.2) is 4.79 Å². The Kier molecular flexibility index (Phi) is 14.3. The number of allylic oxidation sites excluding steroid dienone is 1. The number of esters is 1. The lowest BCUT2D eigenvalue weighted by atomic mass is 9.69. The van der Waals surface area contributed by atoms with Crippen molar-refractivity contribution in [2.24, 2.45) is 11.7 Å². The Morgan fingerprint density at radius 2 is 1.68 bits per heavy atom. The van der Waals surface area contributed by atoms with Crippen LogP contribution in [0.25, 0.3) is 0 Å². The van der Waals surface area contributed by atoms with Crippen LogP contribution in [0.15, 0.2) is 36.5 Å². The van der Waals surface area contributed by atoms with Gasteiger partial charge in [-0.15, -0.1) is 0 Å². The fourth-order valence-corrected chi connectivity index (χ4v) is 3.52. The topological polar surface area (TPSA) is 169 Å². The average Bonchev–Trinajstić information content (AvgIpc) is 2.83. The van der Waals surface area contributed by atoms with Crippen LogP contribution in [-0.4, -0.2) is 55.4 Å². The molecule has 0 saturated heterocycles. The zero-order valence-corrected chi connectivity index (χ0v) is 22.7. The van der Waals surface area contributed by atoms with E-state index in [0.29, 0.717) is 37.8 Å². The largest absolute Gasteiger partial charge is 0.461 e. The van der Waals surface area contributed by atoms with E-state index in [1.54, 1.807) is 24.3 Å². The van der Waals surface area contributed by atoms with Crippen molar-refractivity contribution in [3.8, 4) is 0 Å². The van der Waals surface area contributed by atoms with E-state index in [0.717, 1.165) is 5.56 Å². The van der Waals surface area contributed by atoms with Crippen LogP contribution in [0.2, 0.25) is 6.32 Å². The Bertz CT molecular complexity index is 983. The van der Waals surface area contributed by atoms with Crippen molar-refractivity contribution in [1.82, 2.24) is 16.0 Å². The first-order valence-electron chi connectivity index (χ1n) is 12.7. The van der Waals surface area contributed by atoms with Gasteiger partial charge in [-0.3, -0.25) is 14.4 Å². The third-order valence-corrected chi connectivity index (χ3v) is 5.58. The molecule has 1 aromatic rings. The molecular weight excluding hydrogens is 489 g/mol. The van der Waals surface area contributed by atoms with E-state index in [9.17, 15) is 24.0 Å². The first-order valence-corrected chi connectivity index (χ1v) is 12.7. The van der Waals surface area contributed by atoms with E-state index in [2.05, 4.69) is 27.8 Å². The quantitative estimate of drug-likeness (QED) is 0.116. The Morgan fingerprint density at radius 1 is 1.03 bits per heavy atom. The monoisotopic (exact) mass is 529 g/mol. The molecular formula is C26H40BN5O6. The smallest absolute Gasteiger partial charge is 0.312 e. The summed E-state index contributed by atoms with van der Waals surface area (Å²) in [5.74, 6) is -1.29. The third kappa shape index (κ3) is 13.5. The van der Waals surface area contributed by atoms with Gasteiger partial charge in [0.1, 0.15) is 18.7 Å². The predicted molar refractivity (Wildman–Crippen MR) is 147 cm³/mol. The summed E-state index contributed by atoms with van der Waals surface area (Å²) in [6.07, 6.45) is 1.84. The Morgan fingerprint density at radius 3 is 2.24 bits per heavy atom. The predicted octanol–water partition coefficient (Wildman–Crippen LogP) is 1.54. The van der Waals surface area contributed by atoms with E-state index in [1.165, 1.54) is 13.8 Å². The van der Waals surface area contributed by atoms with Crippen molar-refractivity contribution in [1.29, 1.82) is 0 Å². The summed E-state index contributed by atoms with van der Waals surface area (Å²) >= 11 is 0. The van der Waals surface area contributed by atoms with Gasteiger partial charge in [-0.05, 0) is 49.8 Å². The first-order chi connectivity index (χ1) is 17.9. The zero-order valence-electron chi connectivity index (χ0n) is 22.7. The second-order valence-corrected chi connectivity index (χ2v) is 9.49. The summed E-state index contributed by atoms with van der Waals surface area (Å²) in [5, 5.41) is 11.2. The van der Waals surface area contributed by atoms with E-state index in [4.69, 9.17) is 10.5 Å². The number of nitrogens with one attached hydrogen (secondary N) is 4. The minimum Gasteiger partial charge on any atom is -0.461 e. The van der Waals surface area contributed by atoms with Crippen LogP contribution in [0.4, 0.5) is 10.5 Å². The molecule has 0 bridgehead atoms. The molecule has 208 valence electrons. The summed E-state index contributed by atoms with van der Waals surface area (Å²) < 4.78 is 4.96. The summed E-state index contributed by atoms with van der Waals surface area (Å²) in [6, 6.07) is 4.60. The Hall–Kier alpha value is -3.83. The normalized spacial score (nSPS) is 12.0. The van der Waals surface area contributed by atoms with E-state index < -0.39 is 24.0 Å². The minimum absolute atomic E-state index is 0.0923. The lowest BCUT2D eigenvalue weighted by Gasteiger charge is -2.27. The standard InChI is InChI=1S/C26H40BN5O6/c1-16(2)23(30-17(3)12-13-27-18(4)33)25(36)32-22(7-6-14-29-26(28)37)24(35)31-21-10-8-20(9-11-21)15-38-19(5)34/h8-11,16,22-23,27,30H,3,6-7,12-15H2,1-2,4-5H3,(H,31,35)(H,32,36)(H3,28,29,37). The minimum atomic E-state index is -0.882. The van der Waals surface area contributed by atoms with Gasteiger partial charge < -0.3 is 36.5 Å². The molecule has 0 aliphatic rings. The second kappa shape index (κ2) is 16.8. The van der Waals surface area contributed by atoms with E-state index in [1.807, 2.05) is 13.8 Å². The maximum Gasteiger partial charge on any atom is 0.312 e. The molecule has 1 rings (SSSR count). The van der Waals surface area contributed by atoms with Crippen LogP contribution in [0.5, 0.6) is 0 Å². The average molecular weight is 529 g/mol. The van der Waals surface area contributed by atoms with Crippen molar-refractivity contribution < 1.29 is 28.7 Å². The molecule has 0 radical (unpaired) electrons. The van der Waals surface area contributed by atoms with E-state index in [-0.39, 0.29) is 43.0 Å². The number of rotatable bonds is 17. The molecule has 6 N–H and O–H groups in total. The highest BCUT2D eigenvalue weighted by atomic mass is 16.5. The number of urea groups is 1. The lowest BCUT2D eigenvalue weighted by Crippen LogP contribution is -2.53. The van der Waals surface area contributed by atoms with Crippen molar-refractivity contribution in [3.63, 3.8) is 0 Å². The van der Waals surface area contributed by atoms with Crippen LogP contribution < -0.4 is 27.0 Å². The number of hydrogen-bond acceptors (Lipinski definition) is 7. The number of ether oxygens (including phenoxy) is 1. The molecule has 0 fully saturated rings. The molecule has 0 heterocycles. The molecule has 2 atom stereocenters. The van der Waals surface area contributed by atoms with Gasteiger partial charge in [0.15, 0.2) is 0 Å². The molecule has 1 aromatic carbocycles. The number of benzene rings is 1. The summed E-state index contributed by atoms with van der Waals surface area (Å²) in [7, 11) is 0.436. The molecule has 0 aliphatic heterocycles. The SMILES string of the molecule is C=C(CCBC(C)=O)NC(C(=O)NC(CCCNC(N)=O)C(=O)Nc1ccc(COC(C)=O)cc1)C(C)C. The van der Waals surface area contributed by atoms with Gasteiger partial charge in [0, 0.05) is 24.9 Å². The molecule has 11 nitrogen and oxygen atoms in total. The highest BCUT2D eigenvalue weighted by molar-refractivity contribution is 6.73. The van der Waals surface area contributed by atoms with Crippen molar-refractivity contribution >= 4 is 42.5 Å². The number of amides is 4. The zero-order chi connectivity index (χ0) is 28.7. The fourth-order valence-electron chi connectivity index (χ4n) is 3.52. The van der Waals surface area contributed by atoms with Gasteiger partial charge in [-0.1, -0.05) is 38.9 Å². The maximum absolute atomic E-state index is 13.2. The van der Waals surface area contributed by atoms with Gasteiger partial charge >= 0.3 is 12.0 Å². The van der Waals surface area contributed by atoms with Crippen LogP contribution in [0, 0.1) is 5.92 Å². The Balaban J connectivity index is 2.88. The molecule has 0 aromatic heterocycles. The summed E-state index contributed by atoms with van der Waals surface area (Å²) in [5.41, 5.74) is 7.11. The van der Waals surface area contributed by atoms with Crippen molar-refractivity contribution in [3.05, 3.63) is 42.1 Å². The third-order valence-electron chi connectivity index (χ3n) is 5.58. The van der Waals surface area contributed by atoms with Gasteiger partial charge in [-0.2, -0.15) is 0 Å². The van der Waals surface area contributed by atoms with Crippen molar-refractivity contribution in [2.75, 3.05) is 11.9 Å². The number of carbonyl (C=O) groups is 5. The summed E-state index contributed by atoms with van der Waals surface area (Å²) in [4.78, 5) is 59.5. The number of carbonyl (C=O) groups excluding carboxylic acids is 5. The first kappa shape index (κ1) is 32.2. The van der Waals surface area contributed by atoms with Gasteiger partial charge in [0.2, 0.25) is 19.1 Å². The number of hydrogen-bond donors (Lipinski definition) is 5. The van der Waals surface area contributed by atoms with Crippen LogP contribution in [0.3, 0.4) is 0 Å².